The number of rotatable bonds is 6. The van der Waals surface area contributed by atoms with Gasteiger partial charge in [0.05, 0.1) is 31.5 Å². The summed E-state index contributed by atoms with van der Waals surface area (Å²) in [5.74, 6) is 1.68. The topological polar surface area (TPSA) is 85.5 Å². The van der Waals surface area contributed by atoms with Gasteiger partial charge in [-0.2, -0.15) is 5.10 Å². The van der Waals surface area contributed by atoms with Crippen molar-refractivity contribution in [3.05, 3.63) is 35.1 Å². The summed E-state index contributed by atoms with van der Waals surface area (Å²) in [7, 11) is 3.19. The van der Waals surface area contributed by atoms with E-state index in [0.717, 1.165) is 25.7 Å². The lowest BCUT2D eigenvalue weighted by molar-refractivity contribution is 0.0886. The molecule has 1 aliphatic rings. The average Bonchev–Trinajstić information content (AvgIpc) is 3.09. The lowest BCUT2D eigenvalue weighted by Gasteiger charge is -2.30. The molecule has 8 heteroatoms. The number of carbonyl (C=O) groups excluding carboxylic acids is 1. The quantitative estimate of drug-likeness (QED) is 0.805. The van der Waals surface area contributed by atoms with Crippen molar-refractivity contribution in [1.29, 1.82) is 0 Å². The highest BCUT2D eigenvalue weighted by atomic mass is 35.5. The molecule has 140 valence electrons. The Morgan fingerprint density at radius 1 is 1.19 bits per heavy atom. The van der Waals surface area contributed by atoms with Gasteiger partial charge in [0.2, 0.25) is 5.75 Å². The van der Waals surface area contributed by atoms with Crippen LogP contribution in [0.5, 0.6) is 17.2 Å². The second-order valence-electron chi connectivity index (χ2n) is 6.15. The van der Waals surface area contributed by atoms with Gasteiger partial charge < -0.3 is 19.5 Å². The van der Waals surface area contributed by atoms with Gasteiger partial charge in [0.15, 0.2) is 11.5 Å². The number of ether oxygens (including phenoxy) is 3. The fraction of sp³-hybridized carbons (Fsp3) is 0.444. The second-order valence-corrected chi connectivity index (χ2v) is 6.56. The SMILES string of the molecule is COc1cccc(OC2CCC(NC(=O)c3[nH]ncc3Cl)CC2)c1OC. The molecule has 2 N–H and O–H groups in total. The first-order valence-electron chi connectivity index (χ1n) is 8.49. The Hall–Kier alpha value is -2.41. The molecule has 1 aliphatic carbocycles. The summed E-state index contributed by atoms with van der Waals surface area (Å²) in [6.45, 7) is 0. The van der Waals surface area contributed by atoms with Crippen LogP contribution in [0, 0.1) is 0 Å². The summed E-state index contributed by atoms with van der Waals surface area (Å²) in [6, 6.07) is 5.67. The van der Waals surface area contributed by atoms with Crippen molar-refractivity contribution in [2.45, 2.75) is 37.8 Å². The van der Waals surface area contributed by atoms with Crippen LogP contribution in [0.4, 0.5) is 0 Å². The molecule has 0 aliphatic heterocycles. The molecule has 0 unspecified atom stereocenters. The fourth-order valence-corrected chi connectivity index (χ4v) is 3.32. The maximum absolute atomic E-state index is 12.2. The third-order valence-corrected chi connectivity index (χ3v) is 4.78. The number of methoxy groups -OCH3 is 2. The van der Waals surface area contributed by atoms with E-state index in [-0.39, 0.29) is 18.1 Å². The van der Waals surface area contributed by atoms with Crippen LogP contribution in [0.25, 0.3) is 0 Å². The number of aromatic nitrogens is 2. The van der Waals surface area contributed by atoms with Gasteiger partial charge in [-0.3, -0.25) is 9.89 Å². The molecule has 0 saturated heterocycles. The van der Waals surface area contributed by atoms with Gasteiger partial charge in [0.25, 0.3) is 5.91 Å². The Morgan fingerprint density at radius 2 is 1.92 bits per heavy atom. The first kappa shape index (κ1) is 18.4. The first-order valence-corrected chi connectivity index (χ1v) is 8.87. The highest BCUT2D eigenvalue weighted by Crippen LogP contribution is 2.38. The molecule has 1 amide bonds. The zero-order chi connectivity index (χ0) is 18.5. The lowest BCUT2D eigenvalue weighted by atomic mass is 9.93. The number of nitrogens with zero attached hydrogens (tertiary/aromatic N) is 1. The molecule has 26 heavy (non-hydrogen) atoms. The van der Waals surface area contributed by atoms with Crippen LogP contribution in [0.1, 0.15) is 36.2 Å². The number of aromatic amines is 1. The number of benzene rings is 1. The van der Waals surface area contributed by atoms with Crippen LogP contribution in [-0.4, -0.2) is 42.5 Å². The summed E-state index contributed by atoms with van der Waals surface area (Å²) in [4.78, 5) is 12.2. The third-order valence-electron chi connectivity index (χ3n) is 4.49. The van der Waals surface area contributed by atoms with Crippen molar-refractivity contribution >= 4 is 17.5 Å². The van der Waals surface area contributed by atoms with Gasteiger partial charge in [-0.1, -0.05) is 17.7 Å². The minimum atomic E-state index is -0.230. The second kappa shape index (κ2) is 8.31. The standard InChI is InChI=1S/C18H22ClN3O4/c1-24-14-4-3-5-15(17(14)25-2)26-12-8-6-11(7-9-12)21-18(23)16-13(19)10-20-22-16/h3-5,10-12H,6-9H2,1-2H3,(H,20,22)(H,21,23). The minimum absolute atomic E-state index is 0.0694. The number of halogens is 1. The van der Waals surface area contributed by atoms with Crippen molar-refractivity contribution in [1.82, 2.24) is 15.5 Å². The van der Waals surface area contributed by atoms with E-state index in [1.54, 1.807) is 14.2 Å². The molecule has 3 rings (SSSR count). The van der Waals surface area contributed by atoms with Crippen LogP contribution < -0.4 is 19.5 Å². The smallest absolute Gasteiger partial charge is 0.271 e. The van der Waals surface area contributed by atoms with E-state index < -0.39 is 0 Å². The van der Waals surface area contributed by atoms with Gasteiger partial charge in [-0.05, 0) is 37.8 Å². The van der Waals surface area contributed by atoms with Crippen molar-refractivity contribution in [3.63, 3.8) is 0 Å². The highest BCUT2D eigenvalue weighted by Gasteiger charge is 2.26. The van der Waals surface area contributed by atoms with Crippen LogP contribution in [0.3, 0.4) is 0 Å². The van der Waals surface area contributed by atoms with E-state index in [4.69, 9.17) is 25.8 Å². The van der Waals surface area contributed by atoms with Crippen molar-refractivity contribution < 1.29 is 19.0 Å². The van der Waals surface area contributed by atoms with Gasteiger partial charge in [0.1, 0.15) is 5.69 Å². The molecular formula is C18H22ClN3O4. The largest absolute Gasteiger partial charge is 0.493 e. The Kier molecular flexibility index (Phi) is 5.88. The average molecular weight is 380 g/mol. The number of hydrogen-bond donors (Lipinski definition) is 2. The van der Waals surface area contributed by atoms with E-state index in [1.165, 1.54) is 6.20 Å². The number of carbonyl (C=O) groups is 1. The number of hydrogen-bond acceptors (Lipinski definition) is 5. The molecule has 1 saturated carbocycles. The van der Waals surface area contributed by atoms with E-state index in [0.29, 0.717) is 28.0 Å². The summed E-state index contributed by atoms with van der Waals surface area (Å²) in [6.07, 6.45) is 4.82. The zero-order valence-electron chi connectivity index (χ0n) is 14.8. The third kappa shape index (κ3) is 4.04. The number of nitrogens with one attached hydrogen (secondary N) is 2. The van der Waals surface area contributed by atoms with Gasteiger partial charge in [0, 0.05) is 6.04 Å². The zero-order valence-corrected chi connectivity index (χ0v) is 15.5. The van der Waals surface area contributed by atoms with Crippen molar-refractivity contribution in [2.75, 3.05) is 14.2 Å². The summed E-state index contributed by atoms with van der Waals surface area (Å²) < 4.78 is 16.8. The summed E-state index contributed by atoms with van der Waals surface area (Å²) in [5.41, 5.74) is 0.297. The van der Waals surface area contributed by atoms with E-state index >= 15 is 0 Å². The molecule has 1 aromatic heterocycles. The Morgan fingerprint density at radius 3 is 2.54 bits per heavy atom. The molecular weight excluding hydrogens is 358 g/mol. The molecule has 1 fully saturated rings. The molecule has 0 atom stereocenters. The van der Waals surface area contributed by atoms with E-state index in [1.807, 2.05) is 18.2 Å². The molecule has 2 aromatic rings. The predicted octanol–water partition coefficient (Wildman–Crippen LogP) is 3.20. The number of para-hydroxylation sites is 1. The maximum atomic E-state index is 12.2. The van der Waals surface area contributed by atoms with Gasteiger partial charge >= 0.3 is 0 Å². The number of amides is 1. The lowest BCUT2D eigenvalue weighted by Crippen LogP contribution is -2.40. The summed E-state index contributed by atoms with van der Waals surface area (Å²) in [5, 5.41) is 9.70. The van der Waals surface area contributed by atoms with Gasteiger partial charge in [-0.25, -0.2) is 0 Å². The highest BCUT2D eigenvalue weighted by molar-refractivity contribution is 6.33. The molecule has 0 bridgehead atoms. The van der Waals surface area contributed by atoms with Crippen LogP contribution >= 0.6 is 11.6 Å². The van der Waals surface area contributed by atoms with Gasteiger partial charge in [-0.15, -0.1) is 0 Å². The molecule has 1 aromatic carbocycles. The monoisotopic (exact) mass is 379 g/mol. The normalized spacial score (nSPS) is 19.7. The Balaban J connectivity index is 1.54. The molecule has 7 nitrogen and oxygen atoms in total. The summed E-state index contributed by atoms with van der Waals surface area (Å²) >= 11 is 5.92. The minimum Gasteiger partial charge on any atom is -0.493 e. The first-order chi connectivity index (χ1) is 12.6. The van der Waals surface area contributed by atoms with Crippen molar-refractivity contribution in [2.24, 2.45) is 0 Å². The molecule has 0 spiro atoms. The molecule has 1 heterocycles. The maximum Gasteiger partial charge on any atom is 0.271 e. The van der Waals surface area contributed by atoms with E-state index in [2.05, 4.69) is 15.5 Å². The number of H-pyrrole nitrogens is 1. The van der Waals surface area contributed by atoms with E-state index in [9.17, 15) is 4.79 Å². The van der Waals surface area contributed by atoms with Crippen molar-refractivity contribution in [3.8, 4) is 17.2 Å². The van der Waals surface area contributed by atoms with Crippen LogP contribution in [0.2, 0.25) is 5.02 Å². The predicted molar refractivity (Wildman–Crippen MR) is 97.3 cm³/mol. The molecule has 0 radical (unpaired) electrons. The Bertz CT molecular complexity index is 757. The van der Waals surface area contributed by atoms with Crippen LogP contribution in [0.15, 0.2) is 24.4 Å². The fourth-order valence-electron chi connectivity index (χ4n) is 3.14. The Labute approximate surface area is 157 Å². The van der Waals surface area contributed by atoms with Crippen LogP contribution in [-0.2, 0) is 0 Å².